The summed E-state index contributed by atoms with van der Waals surface area (Å²) in [6, 6.07) is 12.2. The van der Waals surface area contributed by atoms with Crippen LogP contribution in [0.1, 0.15) is 57.7 Å². The molecule has 30 heavy (non-hydrogen) atoms. The van der Waals surface area contributed by atoms with Crippen LogP contribution in [0.3, 0.4) is 0 Å². The average molecular weight is 407 g/mol. The van der Waals surface area contributed by atoms with Gasteiger partial charge >= 0.3 is 0 Å². The highest BCUT2D eigenvalue weighted by atomic mass is 15.3. The summed E-state index contributed by atoms with van der Waals surface area (Å²) in [7, 11) is 0. The Balaban J connectivity index is 1.72. The Morgan fingerprint density at radius 1 is 1.20 bits per heavy atom. The Morgan fingerprint density at radius 2 is 2.03 bits per heavy atom. The van der Waals surface area contributed by atoms with E-state index in [-0.39, 0.29) is 0 Å². The Morgan fingerprint density at radius 3 is 2.77 bits per heavy atom. The van der Waals surface area contributed by atoms with E-state index in [1.165, 1.54) is 12.8 Å². The minimum atomic E-state index is 0.513. The van der Waals surface area contributed by atoms with Crippen LogP contribution in [-0.2, 0) is 6.42 Å². The highest BCUT2D eigenvalue weighted by molar-refractivity contribution is 5.58. The second kappa shape index (κ2) is 10.9. The molecule has 0 radical (unpaired) electrons. The van der Waals surface area contributed by atoms with Crippen molar-refractivity contribution in [1.29, 1.82) is 5.26 Å². The number of aromatic nitrogens is 2. The van der Waals surface area contributed by atoms with Gasteiger partial charge in [0.05, 0.1) is 11.6 Å². The Kier molecular flexibility index (Phi) is 8.04. The maximum Gasteiger partial charge on any atom is 0.229 e. The van der Waals surface area contributed by atoms with Crippen molar-refractivity contribution in [2.75, 3.05) is 29.9 Å². The zero-order valence-electron chi connectivity index (χ0n) is 18.5. The molecular formula is C24H34N6. The number of nitrogens with one attached hydrogen (secondary N) is 2. The van der Waals surface area contributed by atoms with Crippen LogP contribution in [0, 0.1) is 17.2 Å². The van der Waals surface area contributed by atoms with Gasteiger partial charge in [-0.15, -0.1) is 0 Å². The number of nitrogens with zero attached hydrogens (tertiary/aromatic N) is 4. The minimum Gasteiger partial charge on any atom is -0.355 e. The molecule has 2 heterocycles. The molecule has 6 heteroatoms. The molecule has 2 aromatic rings. The molecule has 0 unspecified atom stereocenters. The van der Waals surface area contributed by atoms with Crippen molar-refractivity contribution in [3.05, 3.63) is 41.6 Å². The first-order valence-corrected chi connectivity index (χ1v) is 11.3. The van der Waals surface area contributed by atoms with Crippen LogP contribution in [0.15, 0.2) is 30.3 Å². The molecule has 3 rings (SSSR count). The summed E-state index contributed by atoms with van der Waals surface area (Å²) in [5.74, 6) is 2.34. The van der Waals surface area contributed by atoms with Crippen molar-refractivity contribution in [3.63, 3.8) is 0 Å². The third-order valence-corrected chi connectivity index (χ3v) is 5.88. The van der Waals surface area contributed by atoms with Crippen LogP contribution >= 0.6 is 0 Å². The highest BCUT2D eigenvalue weighted by Crippen LogP contribution is 2.23. The van der Waals surface area contributed by atoms with Gasteiger partial charge in [-0.2, -0.15) is 10.2 Å². The van der Waals surface area contributed by atoms with Gasteiger partial charge in [0.15, 0.2) is 0 Å². The van der Waals surface area contributed by atoms with Gasteiger partial charge in [-0.05, 0) is 43.5 Å². The maximum atomic E-state index is 9.14. The van der Waals surface area contributed by atoms with Gasteiger partial charge in [0.2, 0.25) is 5.95 Å². The lowest BCUT2D eigenvalue weighted by atomic mass is 10.0. The first-order chi connectivity index (χ1) is 14.6. The number of nitriles is 1. The number of anilines is 3. The molecular weight excluding hydrogens is 372 g/mol. The zero-order chi connectivity index (χ0) is 21.3. The molecule has 0 aliphatic carbocycles. The molecule has 1 atom stereocenters. The smallest absolute Gasteiger partial charge is 0.229 e. The summed E-state index contributed by atoms with van der Waals surface area (Å²) in [6.07, 6.45) is 5.56. The van der Waals surface area contributed by atoms with Gasteiger partial charge in [0.25, 0.3) is 0 Å². The third-order valence-electron chi connectivity index (χ3n) is 5.88. The third kappa shape index (κ3) is 5.93. The topological polar surface area (TPSA) is 76.9 Å². The second-order valence-corrected chi connectivity index (χ2v) is 8.13. The monoisotopic (exact) mass is 406 g/mol. The standard InChI is InChI=1S/C24H34N6/c1-4-8-20-14-23(30-12-11-22(17-30)26-16-18(5-2)6-3)29-24(27-20)28-21-10-7-9-19(13-21)15-25/h7,9-10,13-14,18,22,26H,4-6,8,11-12,16-17H2,1-3H3,(H,27,28,29)/t22-/m0/s1. The van der Waals surface area contributed by atoms with Gasteiger partial charge in [-0.1, -0.05) is 46.1 Å². The molecule has 1 aliphatic rings. The number of aryl methyl sites for hydroxylation is 1. The molecule has 1 aromatic heterocycles. The van der Waals surface area contributed by atoms with E-state index < -0.39 is 0 Å². The van der Waals surface area contributed by atoms with Crippen LogP contribution in [0.25, 0.3) is 0 Å². The quantitative estimate of drug-likeness (QED) is 0.598. The summed E-state index contributed by atoms with van der Waals surface area (Å²) in [6.45, 7) is 9.79. The molecule has 0 amide bonds. The van der Waals surface area contributed by atoms with E-state index in [0.29, 0.717) is 17.6 Å². The van der Waals surface area contributed by atoms with Gasteiger partial charge in [0, 0.05) is 36.6 Å². The molecule has 0 bridgehead atoms. The van der Waals surface area contributed by atoms with Gasteiger partial charge < -0.3 is 15.5 Å². The molecule has 6 nitrogen and oxygen atoms in total. The van der Waals surface area contributed by atoms with Crippen LogP contribution in [0.4, 0.5) is 17.5 Å². The summed E-state index contributed by atoms with van der Waals surface area (Å²) in [4.78, 5) is 11.9. The van der Waals surface area contributed by atoms with Crippen molar-refractivity contribution in [3.8, 4) is 6.07 Å². The van der Waals surface area contributed by atoms with Crippen molar-refractivity contribution in [1.82, 2.24) is 15.3 Å². The van der Waals surface area contributed by atoms with Crippen LogP contribution in [0.2, 0.25) is 0 Å². The van der Waals surface area contributed by atoms with Crippen molar-refractivity contribution in [2.24, 2.45) is 5.92 Å². The molecule has 0 spiro atoms. The van der Waals surface area contributed by atoms with Crippen molar-refractivity contribution < 1.29 is 0 Å². The van der Waals surface area contributed by atoms with Crippen LogP contribution in [-0.4, -0.2) is 35.6 Å². The predicted octanol–water partition coefficient (Wildman–Crippen LogP) is 4.65. The van der Waals surface area contributed by atoms with E-state index in [1.807, 2.05) is 18.2 Å². The largest absolute Gasteiger partial charge is 0.355 e. The molecule has 1 fully saturated rings. The normalized spacial score (nSPS) is 16.1. The minimum absolute atomic E-state index is 0.513. The zero-order valence-corrected chi connectivity index (χ0v) is 18.5. The summed E-state index contributed by atoms with van der Waals surface area (Å²) in [5.41, 5.74) is 2.51. The fraction of sp³-hybridized carbons (Fsp3) is 0.542. The molecule has 1 saturated heterocycles. The first-order valence-electron chi connectivity index (χ1n) is 11.3. The Hall–Kier alpha value is -2.65. The molecule has 0 saturated carbocycles. The predicted molar refractivity (Wildman–Crippen MR) is 123 cm³/mol. The number of benzene rings is 1. The van der Waals surface area contributed by atoms with E-state index in [4.69, 9.17) is 15.2 Å². The SMILES string of the molecule is CCCc1cc(N2CC[C@H](NCC(CC)CC)C2)nc(Nc2cccc(C#N)c2)n1. The van der Waals surface area contributed by atoms with Gasteiger partial charge in [-0.25, -0.2) is 4.98 Å². The van der Waals surface area contributed by atoms with E-state index in [0.717, 1.165) is 62.0 Å². The van der Waals surface area contributed by atoms with E-state index in [1.54, 1.807) is 6.07 Å². The Labute approximate surface area is 180 Å². The highest BCUT2D eigenvalue weighted by Gasteiger charge is 2.24. The van der Waals surface area contributed by atoms with Crippen molar-refractivity contribution >= 4 is 17.5 Å². The lowest BCUT2D eigenvalue weighted by Gasteiger charge is -2.21. The van der Waals surface area contributed by atoms with Crippen LogP contribution in [0.5, 0.6) is 0 Å². The molecule has 160 valence electrons. The summed E-state index contributed by atoms with van der Waals surface area (Å²) in [5, 5.41) is 16.2. The van der Waals surface area contributed by atoms with Crippen LogP contribution < -0.4 is 15.5 Å². The van der Waals surface area contributed by atoms with E-state index in [2.05, 4.69) is 48.4 Å². The lowest BCUT2D eigenvalue weighted by molar-refractivity contribution is 0.418. The summed E-state index contributed by atoms with van der Waals surface area (Å²) >= 11 is 0. The Bertz CT molecular complexity index is 855. The van der Waals surface area contributed by atoms with Crippen molar-refractivity contribution in [2.45, 2.75) is 58.9 Å². The number of rotatable bonds is 10. The number of hydrogen-bond donors (Lipinski definition) is 2. The first kappa shape index (κ1) is 22.0. The van der Waals surface area contributed by atoms with E-state index in [9.17, 15) is 0 Å². The second-order valence-electron chi connectivity index (χ2n) is 8.13. The van der Waals surface area contributed by atoms with Gasteiger partial charge in [-0.3, -0.25) is 0 Å². The molecule has 2 N–H and O–H groups in total. The summed E-state index contributed by atoms with van der Waals surface area (Å²) < 4.78 is 0. The van der Waals surface area contributed by atoms with E-state index >= 15 is 0 Å². The average Bonchev–Trinajstić information content (AvgIpc) is 3.24. The lowest BCUT2D eigenvalue weighted by Crippen LogP contribution is -2.35. The fourth-order valence-corrected chi connectivity index (χ4v) is 3.93. The maximum absolute atomic E-state index is 9.14. The molecule has 1 aromatic carbocycles. The fourth-order valence-electron chi connectivity index (χ4n) is 3.93. The number of hydrogen-bond acceptors (Lipinski definition) is 6. The van der Waals surface area contributed by atoms with Gasteiger partial charge in [0.1, 0.15) is 5.82 Å². The molecule has 1 aliphatic heterocycles.